The van der Waals surface area contributed by atoms with Gasteiger partial charge < -0.3 is 14.8 Å². The van der Waals surface area contributed by atoms with E-state index in [0.717, 1.165) is 30.5 Å². The Bertz CT molecular complexity index is 1080. The summed E-state index contributed by atoms with van der Waals surface area (Å²) in [5.41, 5.74) is 1.06. The molecule has 10 heteroatoms. The van der Waals surface area contributed by atoms with Crippen LogP contribution >= 0.6 is 11.6 Å². The van der Waals surface area contributed by atoms with Crippen molar-refractivity contribution in [1.29, 1.82) is 0 Å². The third kappa shape index (κ3) is 4.02. The zero-order valence-corrected chi connectivity index (χ0v) is 16.4. The molecule has 3 heterocycles. The number of fused-ring (bicyclic) bond motifs is 3. The van der Waals surface area contributed by atoms with Gasteiger partial charge in [-0.15, -0.1) is 0 Å². The summed E-state index contributed by atoms with van der Waals surface area (Å²) < 4.78 is 40.4. The predicted molar refractivity (Wildman–Crippen MR) is 104 cm³/mol. The predicted octanol–water partition coefficient (Wildman–Crippen LogP) is 3.62. The van der Waals surface area contributed by atoms with E-state index in [-0.39, 0.29) is 28.1 Å². The highest BCUT2D eigenvalue weighted by atomic mass is 35.5. The van der Waals surface area contributed by atoms with Crippen LogP contribution in [0.15, 0.2) is 24.5 Å². The Balaban J connectivity index is 1.75. The summed E-state index contributed by atoms with van der Waals surface area (Å²) in [6, 6.07) is 4.63. The number of halogens is 4. The van der Waals surface area contributed by atoms with Crippen molar-refractivity contribution in [1.82, 2.24) is 24.8 Å². The topological polar surface area (TPSA) is 63.1 Å². The second-order valence-electron chi connectivity index (χ2n) is 7.37. The Morgan fingerprint density at radius 1 is 1.34 bits per heavy atom. The minimum Gasteiger partial charge on any atom is -0.348 e. The second-order valence-corrected chi connectivity index (χ2v) is 7.73. The summed E-state index contributed by atoms with van der Waals surface area (Å²) in [6.45, 7) is 0.541. The van der Waals surface area contributed by atoms with Crippen LogP contribution in [-0.2, 0) is 6.54 Å². The van der Waals surface area contributed by atoms with E-state index in [1.807, 2.05) is 7.05 Å². The molecule has 3 aromatic rings. The van der Waals surface area contributed by atoms with Crippen LogP contribution in [0.1, 0.15) is 23.2 Å². The van der Waals surface area contributed by atoms with E-state index in [2.05, 4.69) is 20.2 Å². The van der Waals surface area contributed by atoms with E-state index < -0.39 is 12.7 Å². The molecule has 4 rings (SSSR count). The molecule has 1 amide bonds. The number of hydrogen-bond acceptors (Lipinski definition) is 4. The highest BCUT2D eigenvalue weighted by molar-refractivity contribution is 6.34. The smallest absolute Gasteiger partial charge is 0.348 e. The SMILES string of the molecule is CN1CCC[C@H](NC(=O)c2ccc3c(c2)c2ncnc(Cl)c2n3CC(F)(F)F)C1. The number of hydrogen-bond donors (Lipinski definition) is 1. The minimum atomic E-state index is -4.44. The van der Waals surface area contributed by atoms with Crippen molar-refractivity contribution in [3.8, 4) is 0 Å². The van der Waals surface area contributed by atoms with Gasteiger partial charge in [-0.25, -0.2) is 9.97 Å². The molecule has 0 bridgehead atoms. The van der Waals surface area contributed by atoms with Gasteiger partial charge in [0.2, 0.25) is 0 Å². The van der Waals surface area contributed by atoms with Gasteiger partial charge in [0.25, 0.3) is 5.91 Å². The Kier molecular flexibility index (Phi) is 5.12. The molecule has 1 aliphatic heterocycles. The van der Waals surface area contributed by atoms with Crippen molar-refractivity contribution in [3.63, 3.8) is 0 Å². The number of nitrogens with zero attached hydrogens (tertiary/aromatic N) is 4. The largest absolute Gasteiger partial charge is 0.406 e. The van der Waals surface area contributed by atoms with Crippen LogP contribution in [0.5, 0.6) is 0 Å². The molecule has 29 heavy (non-hydrogen) atoms. The number of amides is 1. The van der Waals surface area contributed by atoms with Gasteiger partial charge in [-0.05, 0) is 44.6 Å². The Labute approximate surface area is 169 Å². The summed E-state index contributed by atoms with van der Waals surface area (Å²) in [5.74, 6) is -0.260. The number of piperidine rings is 1. The number of carbonyl (C=O) groups is 1. The number of benzene rings is 1. The van der Waals surface area contributed by atoms with Gasteiger partial charge >= 0.3 is 6.18 Å². The molecule has 0 radical (unpaired) electrons. The highest BCUT2D eigenvalue weighted by Crippen LogP contribution is 2.34. The van der Waals surface area contributed by atoms with Gasteiger partial charge in [0, 0.05) is 23.5 Å². The van der Waals surface area contributed by atoms with Gasteiger partial charge in [0.1, 0.15) is 23.9 Å². The first-order chi connectivity index (χ1) is 13.7. The van der Waals surface area contributed by atoms with Crippen LogP contribution in [0.4, 0.5) is 13.2 Å². The first-order valence-electron chi connectivity index (χ1n) is 9.21. The maximum atomic E-state index is 13.1. The lowest BCUT2D eigenvalue weighted by molar-refractivity contribution is -0.139. The monoisotopic (exact) mass is 425 g/mol. The van der Waals surface area contributed by atoms with Crippen LogP contribution in [0, 0.1) is 0 Å². The molecule has 154 valence electrons. The van der Waals surface area contributed by atoms with Crippen molar-refractivity contribution < 1.29 is 18.0 Å². The van der Waals surface area contributed by atoms with Crippen LogP contribution in [0.3, 0.4) is 0 Å². The van der Waals surface area contributed by atoms with E-state index in [0.29, 0.717) is 16.5 Å². The molecular weight excluding hydrogens is 407 g/mol. The van der Waals surface area contributed by atoms with Crippen molar-refractivity contribution in [2.75, 3.05) is 20.1 Å². The van der Waals surface area contributed by atoms with E-state index >= 15 is 0 Å². The Morgan fingerprint density at radius 3 is 2.86 bits per heavy atom. The number of nitrogens with one attached hydrogen (secondary N) is 1. The minimum absolute atomic E-state index is 0.0419. The van der Waals surface area contributed by atoms with Gasteiger partial charge in [-0.1, -0.05) is 11.6 Å². The summed E-state index contributed by atoms with van der Waals surface area (Å²) in [4.78, 5) is 22.8. The van der Waals surface area contributed by atoms with Gasteiger partial charge in [0.15, 0.2) is 5.15 Å². The van der Waals surface area contributed by atoms with E-state index in [4.69, 9.17) is 11.6 Å². The molecule has 1 N–H and O–H groups in total. The standard InChI is InChI=1S/C19H19ClF3N5O/c1-27-6-2-3-12(8-27)26-18(29)11-4-5-14-13(7-11)15-16(17(20)25-10-24-15)28(14)9-19(21,22)23/h4-5,7,10,12H,2-3,6,8-9H2,1H3,(H,26,29)/t12-/m0/s1. The lowest BCUT2D eigenvalue weighted by Crippen LogP contribution is -2.46. The molecule has 1 saturated heterocycles. The average Bonchev–Trinajstić information content (AvgIpc) is 2.95. The van der Waals surface area contributed by atoms with Crippen LogP contribution in [0.2, 0.25) is 5.15 Å². The zero-order chi connectivity index (χ0) is 20.8. The summed E-state index contributed by atoms with van der Waals surface area (Å²) >= 11 is 6.08. The number of aromatic nitrogens is 3. The molecule has 0 saturated carbocycles. The molecule has 0 unspecified atom stereocenters. The average molecular weight is 426 g/mol. The number of alkyl halides is 3. The molecule has 2 aromatic heterocycles. The van der Waals surface area contributed by atoms with Gasteiger partial charge in [-0.2, -0.15) is 13.2 Å². The van der Waals surface area contributed by atoms with Crippen molar-refractivity contribution in [2.24, 2.45) is 0 Å². The molecule has 1 fully saturated rings. The normalized spacial score (nSPS) is 18.4. The number of carbonyl (C=O) groups excluding carboxylic acids is 1. The number of likely N-dealkylation sites (N-methyl/N-ethyl adjacent to an activating group) is 1. The zero-order valence-electron chi connectivity index (χ0n) is 15.6. The summed E-state index contributed by atoms with van der Waals surface area (Å²) in [7, 11) is 2.00. The van der Waals surface area contributed by atoms with E-state index in [1.165, 1.54) is 18.5 Å². The molecule has 6 nitrogen and oxygen atoms in total. The fourth-order valence-corrected chi connectivity index (χ4v) is 4.15. The number of rotatable bonds is 3. The molecule has 1 aromatic carbocycles. The molecular formula is C19H19ClF3N5O. The van der Waals surface area contributed by atoms with Crippen LogP contribution < -0.4 is 5.32 Å². The first-order valence-corrected chi connectivity index (χ1v) is 9.59. The quantitative estimate of drug-likeness (QED) is 0.651. The third-order valence-corrected chi connectivity index (χ3v) is 5.43. The van der Waals surface area contributed by atoms with Crippen LogP contribution in [0.25, 0.3) is 21.9 Å². The second kappa shape index (κ2) is 7.46. The fourth-order valence-electron chi connectivity index (χ4n) is 3.91. The molecule has 1 atom stereocenters. The van der Waals surface area contributed by atoms with Crippen molar-refractivity contribution >= 4 is 39.4 Å². The lowest BCUT2D eigenvalue weighted by Gasteiger charge is -2.30. The summed E-state index contributed by atoms with van der Waals surface area (Å²) in [5, 5.41) is 3.38. The van der Waals surface area contributed by atoms with E-state index in [9.17, 15) is 18.0 Å². The van der Waals surface area contributed by atoms with E-state index in [1.54, 1.807) is 6.07 Å². The van der Waals surface area contributed by atoms with Crippen LogP contribution in [-0.4, -0.2) is 57.7 Å². The van der Waals surface area contributed by atoms with Crippen molar-refractivity contribution in [2.45, 2.75) is 31.6 Å². The van der Waals surface area contributed by atoms with Crippen molar-refractivity contribution in [3.05, 3.63) is 35.2 Å². The third-order valence-electron chi connectivity index (χ3n) is 5.15. The molecule has 0 aliphatic carbocycles. The maximum absolute atomic E-state index is 13.1. The Hall–Kier alpha value is -2.39. The fraction of sp³-hybridized carbons (Fsp3) is 0.421. The lowest BCUT2D eigenvalue weighted by atomic mass is 10.1. The molecule has 1 aliphatic rings. The Morgan fingerprint density at radius 2 is 2.14 bits per heavy atom. The van der Waals surface area contributed by atoms with Gasteiger partial charge in [-0.3, -0.25) is 4.79 Å². The maximum Gasteiger partial charge on any atom is 0.406 e. The van der Waals surface area contributed by atoms with Gasteiger partial charge in [0.05, 0.1) is 5.52 Å². The number of likely N-dealkylation sites (tertiary alicyclic amines) is 1. The first kappa shape index (κ1) is 19.9. The summed E-state index contributed by atoms with van der Waals surface area (Å²) in [6.07, 6.45) is -1.35. The molecule has 0 spiro atoms. The highest BCUT2D eigenvalue weighted by Gasteiger charge is 2.31.